The molecule has 174 valence electrons. The highest BCUT2D eigenvalue weighted by Crippen LogP contribution is 2.11. The van der Waals surface area contributed by atoms with E-state index in [9.17, 15) is 14.4 Å². The summed E-state index contributed by atoms with van der Waals surface area (Å²) in [5, 5.41) is 17.6. The summed E-state index contributed by atoms with van der Waals surface area (Å²) >= 11 is 0. The summed E-state index contributed by atoms with van der Waals surface area (Å²) in [5.74, 6) is -0.464. The van der Waals surface area contributed by atoms with Gasteiger partial charge in [0.05, 0.1) is 28.3 Å². The Balaban J connectivity index is 1.71. The fourth-order valence-corrected chi connectivity index (χ4v) is 2.96. The normalized spacial score (nSPS) is 12.1. The van der Waals surface area contributed by atoms with E-state index in [2.05, 4.69) is 26.0 Å². The van der Waals surface area contributed by atoms with Gasteiger partial charge in [0.15, 0.2) is 6.54 Å². The number of hydrogen-bond donors (Lipinski definition) is 2. The third-order valence-electron chi connectivity index (χ3n) is 4.45. The molecule has 1 heterocycles. The van der Waals surface area contributed by atoms with E-state index in [1.165, 1.54) is 11.9 Å². The lowest BCUT2D eigenvalue weighted by Crippen LogP contribution is -2.49. The maximum Gasteiger partial charge on any atom is 0.328 e. The van der Waals surface area contributed by atoms with Crippen molar-refractivity contribution in [1.82, 2.24) is 30.8 Å². The van der Waals surface area contributed by atoms with Gasteiger partial charge in [-0.15, -0.1) is 10.2 Å². The molecule has 2 aromatic rings. The van der Waals surface area contributed by atoms with Gasteiger partial charge in [-0.3, -0.25) is 9.59 Å². The van der Waals surface area contributed by atoms with Crippen molar-refractivity contribution in [3.8, 4) is 11.4 Å². The van der Waals surface area contributed by atoms with Gasteiger partial charge in [-0.05, 0) is 24.5 Å². The van der Waals surface area contributed by atoms with Crippen LogP contribution in [0.25, 0.3) is 11.4 Å². The highest BCUT2D eigenvalue weighted by atomic mass is 16.5. The largest absolute Gasteiger partial charge is 0.467 e. The van der Waals surface area contributed by atoms with Gasteiger partial charge in [-0.25, -0.2) is 4.79 Å². The number of unbranched alkanes of at least 4 members (excludes halogenated alkanes) is 1. The topological polar surface area (TPSA) is 128 Å². The Hall–Kier alpha value is -3.34. The first-order valence-electron chi connectivity index (χ1n) is 10.5. The van der Waals surface area contributed by atoms with Crippen LogP contribution in [0, 0.1) is 0 Å². The van der Waals surface area contributed by atoms with Gasteiger partial charge in [0.1, 0.15) is 12.6 Å². The number of ether oxygens (including phenoxy) is 1. The van der Waals surface area contributed by atoms with E-state index in [0.717, 1.165) is 5.56 Å². The molecule has 0 aliphatic carbocycles. The standard InChI is InChI=1S/C21H31N7O4/c1-28(2,3)15-19(30)23-17(21(31)32-4)12-8-9-13-22-18(29)14-27-25-20(24-26-27)16-10-6-5-7-11-16/h5-7,10-11,17H,8-9,12-15H2,1-4H3,(H-,22,23,29,30)/p+1/t17-/m0/s1. The zero-order chi connectivity index (χ0) is 23.6. The number of nitrogens with zero attached hydrogens (tertiary/aromatic N) is 5. The minimum atomic E-state index is -0.703. The van der Waals surface area contributed by atoms with Crippen LogP contribution in [0.3, 0.4) is 0 Å². The second-order valence-electron chi connectivity index (χ2n) is 8.45. The van der Waals surface area contributed by atoms with Crippen LogP contribution in [0.2, 0.25) is 0 Å². The number of tetrazole rings is 1. The Morgan fingerprint density at radius 2 is 1.81 bits per heavy atom. The molecule has 2 rings (SSSR count). The summed E-state index contributed by atoms with van der Waals surface area (Å²) in [5.41, 5.74) is 0.827. The van der Waals surface area contributed by atoms with Gasteiger partial charge in [-0.2, -0.15) is 4.80 Å². The van der Waals surface area contributed by atoms with Crippen molar-refractivity contribution >= 4 is 17.8 Å². The molecule has 11 nitrogen and oxygen atoms in total. The number of benzene rings is 1. The number of esters is 1. The third kappa shape index (κ3) is 8.80. The number of likely N-dealkylation sites (N-methyl/N-ethyl adjacent to an activating group) is 1. The molecule has 0 saturated carbocycles. The molecular weight excluding hydrogens is 414 g/mol. The average Bonchev–Trinajstić information content (AvgIpc) is 3.19. The van der Waals surface area contributed by atoms with Crippen LogP contribution in [-0.4, -0.2) is 89.9 Å². The predicted octanol–water partition coefficient (Wildman–Crippen LogP) is -0.00940. The predicted molar refractivity (Wildman–Crippen MR) is 117 cm³/mol. The quantitative estimate of drug-likeness (QED) is 0.267. The first kappa shape index (κ1) is 24.9. The molecule has 0 bridgehead atoms. The molecule has 1 aromatic heterocycles. The molecule has 0 fully saturated rings. The number of rotatable bonds is 12. The highest BCUT2D eigenvalue weighted by molar-refractivity contribution is 5.84. The maximum atomic E-state index is 12.1. The first-order valence-corrected chi connectivity index (χ1v) is 10.5. The Labute approximate surface area is 187 Å². The van der Waals surface area contributed by atoms with E-state index in [1.54, 1.807) is 0 Å². The molecule has 0 spiro atoms. The van der Waals surface area contributed by atoms with Gasteiger partial charge in [0.25, 0.3) is 5.91 Å². The number of quaternary nitrogens is 1. The molecule has 0 aliphatic heterocycles. The van der Waals surface area contributed by atoms with E-state index < -0.39 is 12.0 Å². The number of nitrogens with one attached hydrogen (secondary N) is 2. The van der Waals surface area contributed by atoms with Crippen molar-refractivity contribution < 1.29 is 23.6 Å². The highest BCUT2D eigenvalue weighted by Gasteiger charge is 2.23. The molecule has 0 saturated heterocycles. The van der Waals surface area contributed by atoms with Gasteiger partial charge in [0.2, 0.25) is 11.7 Å². The number of carbonyl (C=O) groups is 3. The number of methoxy groups -OCH3 is 1. The van der Waals surface area contributed by atoms with Crippen molar-refractivity contribution in [1.29, 1.82) is 0 Å². The molecule has 2 N–H and O–H groups in total. The average molecular weight is 447 g/mol. The molecule has 32 heavy (non-hydrogen) atoms. The van der Waals surface area contributed by atoms with Crippen LogP contribution in [0.1, 0.15) is 19.3 Å². The Morgan fingerprint density at radius 1 is 1.09 bits per heavy atom. The summed E-state index contributed by atoms with van der Waals surface area (Å²) in [6, 6.07) is 8.69. The van der Waals surface area contributed by atoms with E-state index in [4.69, 9.17) is 4.74 Å². The fraction of sp³-hybridized carbons (Fsp3) is 0.524. The number of amides is 2. The minimum absolute atomic E-state index is 0.0360. The van der Waals surface area contributed by atoms with E-state index >= 15 is 0 Å². The maximum absolute atomic E-state index is 12.1. The minimum Gasteiger partial charge on any atom is -0.467 e. The molecule has 0 aliphatic rings. The van der Waals surface area contributed by atoms with E-state index in [0.29, 0.717) is 36.1 Å². The summed E-state index contributed by atoms with van der Waals surface area (Å²) in [6.07, 6.45) is 1.70. The van der Waals surface area contributed by atoms with Gasteiger partial charge < -0.3 is 19.9 Å². The van der Waals surface area contributed by atoms with Crippen LogP contribution >= 0.6 is 0 Å². The van der Waals surface area contributed by atoms with Crippen molar-refractivity contribution in [3.05, 3.63) is 30.3 Å². The van der Waals surface area contributed by atoms with Crippen LogP contribution < -0.4 is 10.6 Å². The number of carbonyl (C=O) groups excluding carboxylic acids is 3. The lowest BCUT2D eigenvalue weighted by Gasteiger charge is -2.24. The fourth-order valence-electron chi connectivity index (χ4n) is 2.96. The summed E-state index contributed by atoms with van der Waals surface area (Å²) in [7, 11) is 6.98. The van der Waals surface area contributed by atoms with Crippen molar-refractivity contribution in [3.63, 3.8) is 0 Å². The molecule has 0 radical (unpaired) electrons. The van der Waals surface area contributed by atoms with E-state index in [1.807, 2.05) is 51.5 Å². The zero-order valence-electron chi connectivity index (χ0n) is 19.1. The molecular formula is C21H32N7O4+. The summed E-state index contributed by atoms with van der Waals surface area (Å²) < 4.78 is 5.25. The zero-order valence-corrected chi connectivity index (χ0v) is 19.1. The molecule has 0 unspecified atom stereocenters. The van der Waals surface area contributed by atoms with Crippen molar-refractivity contribution in [2.45, 2.75) is 31.8 Å². The second-order valence-corrected chi connectivity index (χ2v) is 8.45. The molecule has 11 heteroatoms. The second kappa shape index (κ2) is 11.9. The third-order valence-corrected chi connectivity index (χ3v) is 4.45. The van der Waals surface area contributed by atoms with Gasteiger partial charge >= 0.3 is 5.97 Å². The molecule has 2 amide bonds. The van der Waals surface area contributed by atoms with Gasteiger partial charge in [0, 0.05) is 12.1 Å². The first-order chi connectivity index (χ1) is 15.2. The van der Waals surface area contributed by atoms with Crippen molar-refractivity contribution in [2.24, 2.45) is 0 Å². The summed E-state index contributed by atoms with van der Waals surface area (Å²) in [6.45, 7) is 0.650. The molecule has 1 aromatic carbocycles. The smallest absolute Gasteiger partial charge is 0.328 e. The monoisotopic (exact) mass is 446 g/mol. The summed E-state index contributed by atoms with van der Waals surface area (Å²) in [4.78, 5) is 37.4. The molecule has 1 atom stereocenters. The number of hydrogen-bond acceptors (Lipinski definition) is 7. The van der Waals surface area contributed by atoms with Crippen LogP contribution in [0.5, 0.6) is 0 Å². The van der Waals surface area contributed by atoms with Gasteiger partial charge in [-0.1, -0.05) is 30.3 Å². The van der Waals surface area contributed by atoms with E-state index in [-0.39, 0.29) is 24.9 Å². The van der Waals surface area contributed by atoms with Crippen LogP contribution in [-0.2, 0) is 25.7 Å². The number of aromatic nitrogens is 4. The van der Waals surface area contributed by atoms with Crippen LogP contribution in [0.4, 0.5) is 0 Å². The lowest BCUT2D eigenvalue weighted by atomic mass is 10.1. The SMILES string of the molecule is COC(=O)[C@H](CCCCNC(=O)Cn1nnc(-c2ccccc2)n1)NC(=O)C[N+](C)(C)C. The van der Waals surface area contributed by atoms with Crippen molar-refractivity contribution in [2.75, 3.05) is 41.3 Å². The lowest BCUT2D eigenvalue weighted by molar-refractivity contribution is -0.862. The Bertz CT molecular complexity index is 893. The van der Waals surface area contributed by atoms with Crippen LogP contribution in [0.15, 0.2) is 30.3 Å². The Morgan fingerprint density at radius 3 is 2.47 bits per heavy atom. The Kier molecular flexibility index (Phi) is 9.26.